The van der Waals surface area contributed by atoms with E-state index in [0.717, 1.165) is 4.68 Å². The Bertz CT molecular complexity index is 329. The maximum Gasteiger partial charge on any atom is 0.161 e. The van der Waals surface area contributed by atoms with Gasteiger partial charge >= 0.3 is 0 Å². The normalized spacial score (nSPS) is 9.00. The molecule has 1 rings (SSSR count). The Morgan fingerprint density at radius 2 is 2.45 bits per heavy atom. The second kappa shape index (κ2) is 2.30. The summed E-state index contributed by atoms with van der Waals surface area (Å²) in [4.78, 5) is 3.65. The number of hydrogen-bond donors (Lipinski definition) is 3. The van der Waals surface area contributed by atoms with Crippen LogP contribution in [0.3, 0.4) is 0 Å². The number of nitrogens with one attached hydrogen (secondary N) is 1. The number of aromatic nitrogens is 2. The van der Waals surface area contributed by atoms with Crippen molar-refractivity contribution in [2.75, 3.05) is 11.6 Å². The fraction of sp³-hybridized carbons (Fsp3) is 0. The summed E-state index contributed by atoms with van der Waals surface area (Å²) in [6, 6.07) is 1.61. The van der Waals surface area contributed by atoms with E-state index < -0.39 is 0 Å². The molecule has 0 atom stereocenters. The van der Waals surface area contributed by atoms with Crippen molar-refractivity contribution in [3.8, 4) is 6.07 Å². The Balaban J connectivity index is 3.17. The van der Waals surface area contributed by atoms with E-state index in [1.54, 1.807) is 6.07 Å². The van der Waals surface area contributed by atoms with Crippen LogP contribution < -0.4 is 11.6 Å². The lowest BCUT2D eigenvalue weighted by Crippen LogP contribution is -2.11. The third kappa shape index (κ3) is 0.986. The van der Waals surface area contributed by atoms with Crippen LogP contribution >= 0.6 is 0 Å². The van der Waals surface area contributed by atoms with Crippen molar-refractivity contribution >= 4 is 11.5 Å². The van der Waals surface area contributed by atoms with Crippen molar-refractivity contribution in [2.45, 2.75) is 0 Å². The van der Waals surface area contributed by atoms with E-state index in [2.05, 4.69) is 4.98 Å². The molecular formula is C5H6N6. The van der Waals surface area contributed by atoms with Crippen molar-refractivity contribution in [1.29, 1.82) is 10.7 Å². The Kier molecular flexibility index (Phi) is 1.48. The molecule has 11 heavy (non-hydrogen) atoms. The monoisotopic (exact) mass is 150 g/mol. The van der Waals surface area contributed by atoms with E-state index in [-0.39, 0.29) is 17.2 Å². The van der Waals surface area contributed by atoms with E-state index in [1.807, 2.05) is 0 Å². The van der Waals surface area contributed by atoms with Crippen LogP contribution in [0, 0.1) is 16.7 Å². The smallest absolute Gasteiger partial charge is 0.161 e. The summed E-state index contributed by atoms with van der Waals surface area (Å²) in [5.74, 6) is 5.38. The number of anilines is 1. The molecule has 0 radical (unpaired) electrons. The van der Waals surface area contributed by atoms with Crippen molar-refractivity contribution in [2.24, 2.45) is 0 Å². The molecule has 0 saturated carbocycles. The third-order valence-corrected chi connectivity index (χ3v) is 1.18. The van der Waals surface area contributed by atoms with Crippen LogP contribution in [0.5, 0.6) is 0 Å². The number of hydrogen-bond acceptors (Lipinski definition) is 5. The largest absolute Gasteiger partial charge is 0.382 e. The molecule has 1 aromatic heterocycles. The van der Waals surface area contributed by atoms with Gasteiger partial charge in [0.25, 0.3) is 0 Å². The minimum atomic E-state index is -0.285. The molecule has 0 aromatic carbocycles. The van der Waals surface area contributed by atoms with Gasteiger partial charge in [0.2, 0.25) is 0 Å². The lowest BCUT2D eigenvalue weighted by Gasteiger charge is -1.93. The number of nitrogens with zero attached hydrogens (tertiary/aromatic N) is 3. The SMILES string of the molecule is N#CC(=N)c1ncn(N)c1N. The second-order valence-corrected chi connectivity index (χ2v) is 1.87. The van der Waals surface area contributed by atoms with Crippen LogP contribution in [0.15, 0.2) is 6.33 Å². The quantitative estimate of drug-likeness (QED) is 0.354. The highest BCUT2D eigenvalue weighted by Crippen LogP contribution is 2.05. The van der Waals surface area contributed by atoms with Gasteiger partial charge in [-0.15, -0.1) is 0 Å². The number of imidazole rings is 1. The lowest BCUT2D eigenvalue weighted by molar-refractivity contribution is 1.01. The Hall–Kier alpha value is -2.03. The average molecular weight is 150 g/mol. The first-order valence-corrected chi connectivity index (χ1v) is 2.73. The van der Waals surface area contributed by atoms with Gasteiger partial charge in [0.15, 0.2) is 11.5 Å². The molecule has 0 aliphatic rings. The molecule has 56 valence electrons. The zero-order valence-corrected chi connectivity index (χ0v) is 5.57. The molecule has 0 saturated heterocycles. The van der Waals surface area contributed by atoms with Gasteiger partial charge in [-0.25, -0.2) is 9.66 Å². The molecule has 1 heterocycles. The summed E-state index contributed by atoms with van der Waals surface area (Å²) in [7, 11) is 0. The van der Waals surface area contributed by atoms with Crippen molar-refractivity contribution in [3.63, 3.8) is 0 Å². The standard InChI is InChI=1S/C5H6N6/c6-1-3(7)4-5(8)11(9)2-10-4/h2,7H,8-9H2. The minimum absolute atomic E-state index is 0.120. The Morgan fingerprint density at radius 1 is 1.82 bits per heavy atom. The molecule has 0 fully saturated rings. The highest BCUT2D eigenvalue weighted by Gasteiger charge is 2.09. The van der Waals surface area contributed by atoms with Gasteiger partial charge in [0.05, 0.1) is 0 Å². The Morgan fingerprint density at radius 3 is 2.82 bits per heavy atom. The van der Waals surface area contributed by atoms with Crippen LogP contribution in [-0.2, 0) is 0 Å². The van der Waals surface area contributed by atoms with Crippen LogP contribution in [0.2, 0.25) is 0 Å². The average Bonchev–Trinajstić information content (AvgIpc) is 2.32. The zero-order valence-electron chi connectivity index (χ0n) is 5.57. The van der Waals surface area contributed by atoms with Gasteiger partial charge in [-0.2, -0.15) is 5.26 Å². The summed E-state index contributed by atoms with van der Waals surface area (Å²) in [5, 5.41) is 15.4. The molecule has 0 spiro atoms. The highest BCUT2D eigenvalue weighted by molar-refractivity contribution is 6.10. The maximum atomic E-state index is 8.30. The molecule has 0 aliphatic carbocycles. The van der Waals surface area contributed by atoms with E-state index in [0.29, 0.717) is 0 Å². The van der Waals surface area contributed by atoms with E-state index in [9.17, 15) is 0 Å². The van der Waals surface area contributed by atoms with Gasteiger partial charge in [0.1, 0.15) is 18.1 Å². The summed E-state index contributed by atoms with van der Waals surface area (Å²) >= 11 is 0. The van der Waals surface area contributed by atoms with Gasteiger partial charge in [-0.3, -0.25) is 5.41 Å². The van der Waals surface area contributed by atoms with Crippen LogP contribution in [0.4, 0.5) is 5.82 Å². The number of nitrogens with two attached hydrogens (primary N) is 2. The predicted octanol–water partition coefficient (Wildman–Crippen LogP) is -0.929. The first-order chi connectivity index (χ1) is 5.16. The first-order valence-electron chi connectivity index (χ1n) is 2.73. The molecule has 0 aliphatic heterocycles. The summed E-state index contributed by atoms with van der Waals surface area (Å²) in [5.41, 5.74) is 5.20. The first kappa shape index (κ1) is 7.08. The number of nitriles is 1. The molecule has 6 nitrogen and oxygen atoms in total. The van der Waals surface area contributed by atoms with Crippen LogP contribution in [0.1, 0.15) is 5.69 Å². The highest BCUT2D eigenvalue weighted by atomic mass is 15.3. The fourth-order valence-electron chi connectivity index (χ4n) is 0.616. The summed E-state index contributed by atoms with van der Waals surface area (Å²) in [6.07, 6.45) is 1.25. The minimum Gasteiger partial charge on any atom is -0.382 e. The van der Waals surface area contributed by atoms with Crippen molar-refractivity contribution in [1.82, 2.24) is 9.66 Å². The molecular weight excluding hydrogens is 144 g/mol. The fourth-order valence-corrected chi connectivity index (χ4v) is 0.616. The topological polar surface area (TPSA) is 118 Å². The zero-order chi connectivity index (χ0) is 8.43. The van der Waals surface area contributed by atoms with Crippen molar-refractivity contribution < 1.29 is 0 Å². The molecule has 0 amide bonds. The van der Waals surface area contributed by atoms with Crippen LogP contribution in [-0.4, -0.2) is 15.4 Å². The van der Waals surface area contributed by atoms with Crippen molar-refractivity contribution in [3.05, 3.63) is 12.0 Å². The molecule has 0 unspecified atom stereocenters. The van der Waals surface area contributed by atoms with Crippen LogP contribution in [0.25, 0.3) is 0 Å². The lowest BCUT2D eigenvalue weighted by atomic mass is 10.3. The predicted molar refractivity (Wildman–Crippen MR) is 39.2 cm³/mol. The summed E-state index contributed by atoms with van der Waals surface area (Å²) in [6.45, 7) is 0. The van der Waals surface area contributed by atoms with Gasteiger partial charge in [-0.1, -0.05) is 0 Å². The molecule has 5 N–H and O–H groups in total. The Labute approximate surface area is 62.5 Å². The van der Waals surface area contributed by atoms with Gasteiger partial charge in [0, 0.05) is 0 Å². The molecule has 6 heteroatoms. The molecule has 1 aromatic rings. The third-order valence-electron chi connectivity index (χ3n) is 1.18. The van der Waals surface area contributed by atoms with Gasteiger partial charge in [-0.05, 0) is 0 Å². The molecule has 0 bridgehead atoms. The number of rotatable bonds is 1. The number of nitrogen functional groups attached to an aromatic ring is 2. The van der Waals surface area contributed by atoms with E-state index in [1.165, 1.54) is 6.33 Å². The van der Waals surface area contributed by atoms with E-state index in [4.69, 9.17) is 22.2 Å². The van der Waals surface area contributed by atoms with E-state index >= 15 is 0 Å². The maximum absolute atomic E-state index is 8.30. The van der Waals surface area contributed by atoms with Gasteiger partial charge < -0.3 is 11.6 Å². The second-order valence-electron chi connectivity index (χ2n) is 1.87. The summed E-state index contributed by atoms with van der Waals surface area (Å²) < 4.78 is 1.06.